The molecule has 0 heterocycles. The van der Waals surface area contributed by atoms with Crippen molar-refractivity contribution in [2.75, 3.05) is 6.61 Å². The fraction of sp³-hybridized carbons (Fsp3) is 0.273. The van der Waals surface area contributed by atoms with E-state index in [0.717, 1.165) is 0 Å². The van der Waals surface area contributed by atoms with E-state index in [9.17, 15) is 14.2 Å². The van der Waals surface area contributed by atoms with Gasteiger partial charge in [-0.3, -0.25) is 14.2 Å². The molecule has 0 saturated carbocycles. The molecule has 0 aliphatic rings. The predicted octanol–water partition coefficient (Wildman–Crippen LogP) is 0.103. The van der Waals surface area contributed by atoms with Crippen LogP contribution in [0.1, 0.15) is 0 Å². The Morgan fingerprint density at radius 2 is 1.62 bits per heavy atom. The van der Waals surface area contributed by atoms with Crippen molar-refractivity contribution in [1.29, 1.82) is 0 Å². The third-order valence-electron chi connectivity index (χ3n) is 2.58. The summed E-state index contributed by atoms with van der Waals surface area (Å²) in [6.45, 7) is -0.748. The number of rotatable bonds is 7. The zero-order valence-electron chi connectivity index (χ0n) is 10.5. The van der Waals surface area contributed by atoms with Crippen LogP contribution in [0.3, 0.4) is 0 Å². The van der Waals surface area contributed by atoms with Crippen molar-refractivity contribution in [3.63, 3.8) is 0 Å². The molecule has 0 bridgehead atoms. The Morgan fingerprint density at radius 3 is 2.00 bits per heavy atom. The highest BCUT2D eigenvalue weighted by atomic mass is 31.2. The maximum Gasteiger partial charge on any atom is 0.340 e. The minimum Gasteiger partial charge on any atom is -0.508 e. The van der Waals surface area contributed by atoms with Gasteiger partial charge in [-0.05, 0) is 24.3 Å². The van der Waals surface area contributed by atoms with Gasteiger partial charge in [0.2, 0.25) is 0 Å². The third kappa shape index (κ3) is 4.75. The second-order valence-corrected chi connectivity index (χ2v) is 5.86. The van der Waals surface area contributed by atoms with Crippen LogP contribution in [-0.2, 0) is 14.2 Å². The SMILES string of the molecule is O=C(O)C(COc1ccc(O)cc1)C(C(=O)O)P(=O)(O)O. The van der Waals surface area contributed by atoms with Gasteiger partial charge < -0.3 is 29.8 Å². The molecule has 0 spiro atoms. The lowest BCUT2D eigenvalue weighted by Crippen LogP contribution is -2.38. The van der Waals surface area contributed by atoms with Crippen molar-refractivity contribution in [1.82, 2.24) is 0 Å². The van der Waals surface area contributed by atoms with Gasteiger partial charge in [0.15, 0.2) is 5.66 Å². The van der Waals surface area contributed by atoms with Crippen LogP contribution in [-0.4, -0.2) is 49.3 Å². The van der Waals surface area contributed by atoms with Crippen LogP contribution in [0.4, 0.5) is 0 Å². The van der Waals surface area contributed by atoms with Crippen molar-refractivity contribution in [2.45, 2.75) is 5.66 Å². The Balaban J connectivity index is 2.91. The van der Waals surface area contributed by atoms with Gasteiger partial charge in [0.1, 0.15) is 24.0 Å². The zero-order valence-corrected chi connectivity index (χ0v) is 11.4. The van der Waals surface area contributed by atoms with Crippen molar-refractivity contribution in [3.05, 3.63) is 24.3 Å². The van der Waals surface area contributed by atoms with Gasteiger partial charge >= 0.3 is 19.5 Å². The van der Waals surface area contributed by atoms with Crippen LogP contribution >= 0.6 is 7.60 Å². The van der Waals surface area contributed by atoms with E-state index in [4.69, 9.17) is 29.8 Å². The highest BCUT2D eigenvalue weighted by Crippen LogP contribution is 2.45. The summed E-state index contributed by atoms with van der Waals surface area (Å²) in [7, 11) is -5.17. The molecule has 0 radical (unpaired) electrons. The van der Waals surface area contributed by atoms with Crippen molar-refractivity contribution in [2.24, 2.45) is 5.92 Å². The van der Waals surface area contributed by atoms with Crippen molar-refractivity contribution in [3.8, 4) is 11.5 Å². The number of carbonyl (C=O) groups is 2. The van der Waals surface area contributed by atoms with E-state index in [1.807, 2.05) is 0 Å². The average molecular weight is 320 g/mol. The molecular weight excluding hydrogens is 307 g/mol. The summed E-state index contributed by atoms with van der Waals surface area (Å²) >= 11 is 0. The molecule has 0 saturated heterocycles. The summed E-state index contributed by atoms with van der Waals surface area (Å²) in [4.78, 5) is 39.9. The van der Waals surface area contributed by atoms with Crippen LogP contribution in [0.5, 0.6) is 11.5 Å². The number of carboxylic acids is 2. The Morgan fingerprint density at radius 1 is 1.10 bits per heavy atom. The third-order valence-corrected chi connectivity index (χ3v) is 3.89. The minimum absolute atomic E-state index is 0.0595. The Labute approximate surface area is 118 Å². The van der Waals surface area contributed by atoms with E-state index in [-0.39, 0.29) is 11.5 Å². The Kier molecular flexibility index (Phi) is 5.31. The minimum atomic E-state index is -5.17. The Bertz CT molecular complexity index is 562. The maximum absolute atomic E-state index is 11.1. The van der Waals surface area contributed by atoms with Crippen LogP contribution in [0.15, 0.2) is 24.3 Å². The number of aromatic hydroxyl groups is 1. The monoisotopic (exact) mass is 320 g/mol. The van der Waals surface area contributed by atoms with E-state index in [0.29, 0.717) is 0 Å². The summed E-state index contributed by atoms with van der Waals surface area (Å²) in [6, 6.07) is 5.09. The second-order valence-electron chi connectivity index (χ2n) is 4.12. The number of aliphatic carboxylic acids is 2. The molecule has 116 valence electrons. The molecule has 10 heteroatoms. The first kappa shape index (κ1) is 17.0. The van der Waals surface area contributed by atoms with Gasteiger partial charge in [0.25, 0.3) is 0 Å². The number of hydrogen-bond donors (Lipinski definition) is 5. The number of benzene rings is 1. The van der Waals surface area contributed by atoms with Crippen LogP contribution < -0.4 is 4.74 Å². The molecule has 1 rings (SSSR count). The molecule has 1 aromatic carbocycles. The molecule has 0 aromatic heterocycles. The molecule has 0 amide bonds. The van der Waals surface area contributed by atoms with Crippen molar-refractivity contribution < 1.29 is 44.0 Å². The molecule has 0 aliphatic heterocycles. The summed E-state index contributed by atoms with van der Waals surface area (Å²) in [5.41, 5.74) is -2.41. The molecule has 9 nitrogen and oxygen atoms in total. The molecule has 0 fully saturated rings. The standard InChI is InChI=1S/C11H13O9P/c12-6-1-3-7(4-2-6)20-5-8(10(13)14)9(11(15)16)21(17,18)19/h1-4,8-9,12H,5H2,(H,13,14)(H,15,16)(H2,17,18,19). The summed E-state index contributed by atoms with van der Waals surface area (Å²) < 4.78 is 16.1. The quantitative estimate of drug-likeness (QED) is 0.439. The Hall–Kier alpha value is -2.09. The van der Waals surface area contributed by atoms with E-state index >= 15 is 0 Å². The predicted molar refractivity (Wildman–Crippen MR) is 68.2 cm³/mol. The van der Waals surface area contributed by atoms with Gasteiger partial charge in [-0.15, -0.1) is 0 Å². The van der Waals surface area contributed by atoms with Crippen LogP contribution in [0.25, 0.3) is 0 Å². The van der Waals surface area contributed by atoms with E-state index in [1.165, 1.54) is 24.3 Å². The fourth-order valence-corrected chi connectivity index (χ4v) is 2.55. The number of phenols is 1. The normalized spacial score (nSPS) is 14.2. The first-order valence-corrected chi connectivity index (χ1v) is 7.23. The van der Waals surface area contributed by atoms with Gasteiger partial charge in [-0.25, -0.2) is 0 Å². The summed E-state index contributed by atoms with van der Waals surface area (Å²) in [6.07, 6.45) is 0. The molecule has 5 N–H and O–H groups in total. The largest absolute Gasteiger partial charge is 0.508 e. The maximum atomic E-state index is 11.1. The van der Waals surface area contributed by atoms with E-state index < -0.39 is 37.7 Å². The lowest BCUT2D eigenvalue weighted by Gasteiger charge is -2.21. The molecular formula is C11H13O9P. The lowest BCUT2D eigenvalue weighted by molar-refractivity contribution is -0.149. The molecule has 21 heavy (non-hydrogen) atoms. The van der Waals surface area contributed by atoms with Gasteiger partial charge in [0.05, 0.1) is 0 Å². The molecule has 0 aliphatic carbocycles. The summed E-state index contributed by atoms with van der Waals surface area (Å²) in [5.74, 6) is -5.50. The number of carboxylic acid groups (broad SMARTS) is 2. The average Bonchev–Trinajstić information content (AvgIpc) is 2.33. The molecule has 2 atom stereocenters. The smallest absolute Gasteiger partial charge is 0.340 e. The number of phenolic OH excluding ortho intramolecular Hbond substituents is 1. The van der Waals surface area contributed by atoms with Gasteiger partial charge in [-0.1, -0.05) is 0 Å². The summed E-state index contributed by atoms with van der Waals surface area (Å²) in [5, 5.41) is 26.8. The number of ether oxygens (including phenoxy) is 1. The fourth-order valence-electron chi connectivity index (χ4n) is 1.58. The van der Waals surface area contributed by atoms with Crippen LogP contribution in [0.2, 0.25) is 0 Å². The number of hydrogen-bond acceptors (Lipinski definition) is 5. The highest BCUT2D eigenvalue weighted by molar-refractivity contribution is 7.53. The lowest BCUT2D eigenvalue weighted by atomic mass is 10.1. The van der Waals surface area contributed by atoms with E-state index in [1.54, 1.807) is 0 Å². The topological polar surface area (TPSA) is 162 Å². The van der Waals surface area contributed by atoms with Crippen molar-refractivity contribution >= 4 is 19.5 Å². The first-order valence-electron chi connectivity index (χ1n) is 5.55. The highest BCUT2D eigenvalue weighted by Gasteiger charge is 2.46. The van der Waals surface area contributed by atoms with Gasteiger partial charge in [-0.2, -0.15) is 0 Å². The van der Waals surface area contributed by atoms with E-state index in [2.05, 4.69) is 0 Å². The van der Waals surface area contributed by atoms with Gasteiger partial charge in [0, 0.05) is 0 Å². The molecule has 1 aromatic rings. The molecule has 2 unspecified atom stereocenters. The van der Waals surface area contributed by atoms with Crippen LogP contribution in [0, 0.1) is 5.92 Å². The first-order chi connectivity index (χ1) is 9.62. The zero-order chi connectivity index (χ0) is 16.2. The second kappa shape index (κ2) is 6.57.